The van der Waals surface area contributed by atoms with Crippen molar-refractivity contribution in [2.45, 2.75) is 50.6 Å². The zero-order valence-electron chi connectivity index (χ0n) is 17.1. The zero-order valence-corrected chi connectivity index (χ0v) is 17.9. The van der Waals surface area contributed by atoms with Crippen molar-refractivity contribution in [3.05, 3.63) is 52.7 Å². The molecule has 2 heterocycles. The third-order valence-electron chi connectivity index (χ3n) is 5.66. The number of carbonyl (C=O) groups excluding carboxylic acids is 1. The molecule has 2 aromatic rings. The van der Waals surface area contributed by atoms with Gasteiger partial charge in [0.05, 0.1) is 6.10 Å². The summed E-state index contributed by atoms with van der Waals surface area (Å²) in [4.78, 5) is 14.2. The minimum Gasteiger partial charge on any atom is -0.421 e. The molecule has 1 N–H and O–H groups in total. The normalized spacial score (nSPS) is 20.4. The first-order valence-corrected chi connectivity index (χ1v) is 10.6. The number of amides is 2. The van der Waals surface area contributed by atoms with Crippen LogP contribution in [0.4, 0.5) is 18.0 Å². The molecule has 0 saturated heterocycles. The van der Waals surface area contributed by atoms with Crippen molar-refractivity contribution in [2.75, 3.05) is 13.1 Å². The number of alkyl halides is 3. The fraction of sp³-hybridized carbons (Fsp3) is 0.476. The number of carbonyl (C=O) groups is 1. The van der Waals surface area contributed by atoms with E-state index in [4.69, 9.17) is 16.0 Å². The van der Waals surface area contributed by atoms with Crippen molar-refractivity contribution < 1.29 is 27.1 Å². The fourth-order valence-corrected chi connectivity index (χ4v) is 4.02. The Balaban J connectivity index is 1.20. The Morgan fingerprint density at radius 1 is 1.31 bits per heavy atom. The molecule has 0 unspecified atom stereocenters. The summed E-state index contributed by atoms with van der Waals surface area (Å²) in [6.07, 6.45) is -4.02. The number of nitrogens with one attached hydrogen (secondary N) is 1. The number of fused-ring (bicyclic) bond motifs is 1. The molecule has 7 nitrogen and oxygen atoms in total. The molecule has 1 aliphatic carbocycles. The highest BCUT2D eigenvalue weighted by Gasteiger charge is 2.42. The maximum absolute atomic E-state index is 12.5. The third-order valence-corrected chi connectivity index (χ3v) is 5.89. The van der Waals surface area contributed by atoms with Crippen molar-refractivity contribution >= 4 is 23.2 Å². The van der Waals surface area contributed by atoms with Crippen LogP contribution in [0.1, 0.15) is 48.1 Å². The van der Waals surface area contributed by atoms with Gasteiger partial charge in [-0.05, 0) is 48.9 Å². The summed E-state index contributed by atoms with van der Waals surface area (Å²) in [5.41, 5.74) is 2.78. The topological polar surface area (TPSA) is 80.5 Å². The van der Waals surface area contributed by atoms with Crippen LogP contribution in [-0.2, 0) is 17.7 Å². The molecule has 0 bridgehead atoms. The molecule has 1 aromatic heterocycles. The van der Waals surface area contributed by atoms with Crippen LogP contribution in [0.2, 0.25) is 5.02 Å². The minimum atomic E-state index is -4.64. The fourth-order valence-electron chi connectivity index (χ4n) is 3.83. The Bertz CT molecular complexity index is 1000. The summed E-state index contributed by atoms with van der Waals surface area (Å²) in [6, 6.07) is 5.51. The predicted molar refractivity (Wildman–Crippen MR) is 110 cm³/mol. The summed E-state index contributed by atoms with van der Waals surface area (Å²) < 4.78 is 46.2. The summed E-state index contributed by atoms with van der Waals surface area (Å²) in [6.45, 7) is 5.37. The summed E-state index contributed by atoms with van der Waals surface area (Å²) >= 11 is 6.02. The quantitative estimate of drug-likeness (QED) is 0.663. The first-order chi connectivity index (χ1) is 15.2. The Morgan fingerprint density at radius 2 is 2.09 bits per heavy atom. The number of rotatable bonds is 6. The Kier molecular flexibility index (Phi) is 6.43. The van der Waals surface area contributed by atoms with Crippen LogP contribution >= 0.6 is 11.6 Å². The number of urea groups is 1. The van der Waals surface area contributed by atoms with E-state index < -0.39 is 12.5 Å². The highest BCUT2D eigenvalue weighted by molar-refractivity contribution is 6.30. The van der Waals surface area contributed by atoms with Gasteiger partial charge in [0.2, 0.25) is 11.8 Å². The van der Waals surface area contributed by atoms with Gasteiger partial charge in [-0.15, -0.1) is 23.4 Å². The number of nitrogens with zero attached hydrogens (tertiary/aromatic N) is 3. The van der Waals surface area contributed by atoms with Gasteiger partial charge < -0.3 is 14.6 Å². The Morgan fingerprint density at radius 3 is 2.84 bits per heavy atom. The van der Waals surface area contributed by atoms with E-state index in [1.54, 1.807) is 4.90 Å². The van der Waals surface area contributed by atoms with Crippen molar-refractivity contribution in [1.82, 2.24) is 20.4 Å². The maximum atomic E-state index is 12.5. The molecule has 0 radical (unpaired) electrons. The third kappa shape index (κ3) is 5.42. The van der Waals surface area contributed by atoms with E-state index in [0.717, 1.165) is 17.5 Å². The van der Waals surface area contributed by atoms with E-state index >= 15 is 0 Å². The molecular weight excluding hydrogens is 449 g/mol. The van der Waals surface area contributed by atoms with Crippen molar-refractivity contribution in [3.8, 4) is 0 Å². The van der Waals surface area contributed by atoms with Crippen molar-refractivity contribution in [2.24, 2.45) is 0 Å². The molecule has 4 rings (SSSR count). The second-order valence-corrected chi connectivity index (χ2v) is 8.41. The highest BCUT2D eigenvalue weighted by atomic mass is 35.5. The van der Waals surface area contributed by atoms with Gasteiger partial charge in [0, 0.05) is 36.1 Å². The van der Waals surface area contributed by atoms with Crippen LogP contribution in [0.3, 0.4) is 0 Å². The lowest BCUT2D eigenvalue weighted by molar-refractivity contribution is -0.352. The van der Waals surface area contributed by atoms with Crippen LogP contribution < -0.4 is 5.32 Å². The van der Waals surface area contributed by atoms with E-state index in [2.05, 4.69) is 26.8 Å². The lowest BCUT2D eigenvalue weighted by atomic mass is 9.82. The summed E-state index contributed by atoms with van der Waals surface area (Å²) in [7, 11) is 0. The molecule has 32 heavy (non-hydrogen) atoms. The van der Waals surface area contributed by atoms with Crippen LogP contribution in [0.15, 0.2) is 29.2 Å². The molecule has 2 amide bonds. The van der Waals surface area contributed by atoms with Crippen LogP contribution in [0.25, 0.3) is 5.57 Å². The van der Waals surface area contributed by atoms with E-state index in [9.17, 15) is 18.0 Å². The average Bonchev–Trinajstić information content (AvgIpc) is 3.18. The zero-order chi connectivity index (χ0) is 22.9. The molecule has 1 aromatic carbocycles. The van der Waals surface area contributed by atoms with E-state index in [1.165, 1.54) is 0 Å². The number of aromatic nitrogens is 2. The largest absolute Gasteiger partial charge is 0.522 e. The first-order valence-electron chi connectivity index (χ1n) is 10.2. The molecule has 1 saturated carbocycles. The Labute approximate surface area is 187 Å². The molecule has 0 spiro atoms. The molecule has 172 valence electrons. The van der Waals surface area contributed by atoms with Gasteiger partial charge in [-0.25, -0.2) is 4.79 Å². The number of halogens is 4. The summed E-state index contributed by atoms with van der Waals surface area (Å²) in [5.74, 6) is 0.241. The van der Waals surface area contributed by atoms with E-state index in [-0.39, 0.29) is 36.6 Å². The number of hydrogen-bond acceptors (Lipinski definition) is 5. The summed E-state index contributed by atoms with van der Waals surface area (Å²) in [5, 5.41) is 11.4. The van der Waals surface area contributed by atoms with Gasteiger partial charge in [-0.1, -0.05) is 24.2 Å². The smallest absolute Gasteiger partial charge is 0.421 e. The predicted octanol–water partition coefficient (Wildman–Crippen LogP) is 4.68. The van der Waals surface area contributed by atoms with Crippen LogP contribution in [-0.4, -0.2) is 46.7 Å². The number of benzene rings is 1. The number of hydrogen-bond donors (Lipinski definition) is 1. The van der Waals surface area contributed by atoms with Gasteiger partial charge in [0.25, 0.3) is 0 Å². The van der Waals surface area contributed by atoms with Gasteiger partial charge in [0.15, 0.2) is 0 Å². The van der Waals surface area contributed by atoms with Gasteiger partial charge in [-0.2, -0.15) is 0 Å². The Hall–Kier alpha value is -2.59. The molecule has 1 aliphatic heterocycles. The van der Waals surface area contributed by atoms with E-state index in [1.807, 2.05) is 18.2 Å². The number of ether oxygens (including phenoxy) is 1. The SMILES string of the molecule is C=C(CCNC(=O)N1CCc2cc(Cl)ccc2C1)c1nnc([C@H]2C[C@@H](OC(F)(F)F)C2)o1. The molecule has 2 aliphatic rings. The second kappa shape index (κ2) is 9.11. The van der Waals surface area contributed by atoms with Crippen molar-refractivity contribution in [3.63, 3.8) is 0 Å². The van der Waals surface area contributed by atoms with Gasteiger partial charge >= 0.3 is 12.4 Å². The lowest BCUT2D eigenvalue weighted by Gasteiger charge is -2.32. The maximum Gasteiger partial charge on any atom is 0.522 e. The van der Waals surface area contributed by atoms with Gasteiger partial charge in [0.1, 0.15) is 0 Å². The standard InChI is InChI=1S/C21H22ClF3N4O3/c1-12(18-27-28-19(31-18)15-9-17(10-15)32-21(23,24)25)4-6-26-20(30)29-7-5-13-8-16(22)3-2-14(13)11-29/h2-3,8,15,17H,1,4-7,9-11H2,(H,26,30)/t15-,17+. The molecule has 11 heteroatoms. The molecule has 0 atom stereocenters. The second-order valence-electron chi connectivity index (χ2n) is 7.97. The molecular formula is C21H22ClF3N4O3. The monoisotopic (exact) mass is 470 g/mol. The van der Waals surface area contributed by atoms with Crippen LogP contribution in [0.5, 0.6) is 0 Å². The van der Waals surface area contributed by atoms with Gasteiger partial charge in [-0.3, -0.25) is 4.74 Å². The van der Waals surface area contributed by atoms with Crippen molar-refractivity contribution in [1.29, 1.82) is 0 Å². The van der Waals surface area contributed by atoms with E-state index in [0.29, 0.717) is 36.7 Å². The minimum absolute atomic E-state index is 0.171. The first kappa shape index (κ1) is 22.6. The molecule has 1 fully saturated rings. The highest BCUT2D eigenvalue weighted by Crippen LogP contribution is 2.41. The van der Waals surface area contributed by atoms with Crippen LogP contribution in [0, 0.1) is 0 Å². The lowest BCUT2D eigenvalue weighted by Crippen LogP contribution is -2.43. The average molecular weight is 471 g/mol.